The van der Waals surface area contributed by atoms with E-state index in [2.05, 4.69) is 521 Å². The van der Waals surface area contributed by atoms with Gasteiger partial charge in [0.1, 0.15) is 22.3 Å². The van der Waals surface area contributed by atoms with Gasteiger partial charge in [0.15, 0.2) is 0 Å². The Hall–Kier alpha value is -18.3. The van der Waals surface area contributed by atoms with Crippen molar-refractivity contribution in [2.45, 2.75) is 57.8 Å². The zero-order chi connectivity index (χ0) is 99.0. The smallest absolute Gasteiger partial charge is 0.143 e. The number of benzene rings is 27. The molecular weight excluding hydrogens is 1800 g/mol. The minimum absolute atomic E-state index is 0.0931. The molecule has 2 heteroatoms. The summed E-state index contributed by atoms with van der Waals surface area (Å²) in [5, 5.41) is 35.3. The van der Waals surface area contributed by atoms with Crippen LogP contribution in [-0.4, -0.2) is 0 Å². The van der Waals surface area contributed by atoms with Gasteiger partial charge in [-0.15, -0.1) is 0 Å². The summed E-state index contributed by atoms with van der Waals surface area (Å²) in [6, 6.07) is 179. The Morgan fingerprint density at radius 1 is 0.134 bits per heavy atom. The molecule has 0 bridgehead atoms. The molecule has 0 saturated carbocycles. The number of fused-ring (bicyclic) bond motifs is 32. The molecule has 0 aliphatic heterocycles. The van der Waals surface area contributed by atoms with E-state index in [1.807, 2.05) is 6.07 Å². The van der Waals surface area contributed by atoms with Gasteiger partial charge in [-0.25, -0.2) is 0 Å². The molecule has 149 heavy (non-hydrogen) atoms. The van der Waals surface area contributed by atoms with E-state index in [0.29, 0.717) is 0 Å². The third kappa shape index (κ3) is 12.8. The number of para-hydroxylation sites is 2. The Balaban J connectivity index is 0.000000103. The van der Waals surface area contributed by atoms with E-state index in [1.165, 1.54) is 268 Å². The van der Waals surface area contributed by atoms with E-state index < -0.39 is 0 Å². The summed E-state index contributed by atoms with van der Waals surface area (Å²) < 4.78 is 12.9. The summed E-state index contributed by atoms with van der Waals surface area (Å²) in [7, 11) is 0. The maximum atomic E-state index is 6.49. The highest BCUT2D eigenvalue weighted by atomic mass is 16.3. The summed E-state index contributed by atoms with van der Waals surface area (Å²) in [5.41, 5.74) is 37.5. The second-order valence-electron chi connectivity index (χ2n) is 42.8. The van der Waals surface area contributed by atoms with Gasteiger partial charge in [0.2, 0.25) is 0 Å². The molecule has 0 fully saturated rings. The summed E-state index contributed by atoms with van der Waals surface area (Å²) in [5.74, 6) is 0. The minimum Gasteiger partial charge on any atom is -0.456 e. The Kier molecular flexibility index (Phi) is 19.0. The van der Waals surface area contributed by atoms with Gasteiger partial charge in [0.05, 0.1) is 0 Å². The second-order valence-corrected chi connectivity index (χ2v) is 42.8. The van der Waals surface area contributed by atoms with Crippen LogP contribution in [0.3, 0.4) is 0 Å². The van der Waals surface area contributed by atoms with Crippen molar-refractivity contribution in [2.75, 3.05) is 0 Å². The molecule has 0 spiro atoms. The maximum absolute atomic E-state index is 6.49. The third-order valence-electron chi connectivity index (χ3n) is 33.9. The fraction of sp³-hybridized carbons (Fsp3) is 0.0612. The molecule has 29 aromatic rings. The van der Waals surface area contributed by atoms with Crippen LogP contribution in [0.15, 0.2) is 494 Å². The lowest BCUT2D eigenvalue weighted by Gasteiger charge is -2.22. The van der Waals surface area contributed by atoms with Crippen molar-refractivity contribution in [2.24, 2.45) is 0 Å². The topological polar surface area (TPSA) is 26.3 Å². The van der Waals surface area contributed by atoms with Crippen LogP contribution in [0.25, 0.3) is 284 Å². The summed E-state index contributed by atoms with van der Waals surface area (Å²) in [6.07, 6.45) is 0. The predicted octanol–water partition coefficient (Wildman–Crippen LogP) is 41.3. The highest BCUT2D eigenvalue weighted by Gasteiger charge is 2.43. The first-order chi connectivity index (χ1) is 73.2. The first-order valence-electron chi connectivity index (χ1n) is 52.3. The molecule has 3 aliphatic rings. The number of furan rings is 2. The van der Waals surface area contributed by atoms with E-state index in [-0.39, 0.29) is 16.2 Å². The summed E-state index contributed by atoms with van der Waals surface area (Å²) in [6.45, 7) is 14.3. The normalized spacial score (nSPS) is 13.5. The molecule has 0 radical (unpaired) electrons. The first-order valence-corrected chi connectivity index (χ1v) is 52.3. The predicted molar refractivity (Wildman–Crippen MR) is 635 cm³/mol. The highest BCUT2D eigenvalue weighted by molar-refractivity contribution is 6.30. The second kappa shape index (κ2) is 32.8. The van der Waals surface area contributed by atoms with E-state index in [9.17, 15) is 0 Å². The standard InChI is InChI=1S/C51H34O.C49H32O.C47H32/c1-51(2)43-26-13-25-42(49(43)48-34-17-4-3-14-31(34)28-29-44(48)51)47-39-21-7-5-19-37(39)46(38-20-6-8-22-40(38)47)33-16-11-15-32(30-33)35-23-12-24-41-36-18-9-10-27-45(36)52-50(35)41;1-49(2)40-21-11-20-38(48(40)47-33-15-6-4-12-29(33)22-25-41(47)49)45-36-18-9-7-16-34(36)44(35-17-8-10-19-37(35)45)31-24-26-42-39(28-31)46-32-14-5-3-13-30(32)23-27-43(46)50-42;1-47(2)41-21-11-20-39(46(41)45-34-15-6-4-13-30(34)26-27-42(45)47)44-37-18-9-7-16-35(37)43(36-17-8-10-19-38(36)44)32-25-24-31-23-22-29-12-3-5-14-33(29)40(31)28-32/h3-30H,1-2H3;3-28H,1-2H3;3-28H,1-2H3. The van der Waals surface area contributed by atoms with Gasteiger partial charge < -0.3 is 8.83 Å². The maximum Gasteiger partial charge on any atom is 0.143 e. The fourth-order valence-electron chi connectivity index (χ4n) is 27.1. The molecule has 0 atom stereocenters. The molecule has 32 rings (SSSR count). The summed E-state index contributed by atoms with van der Waals surface area (Å²) >= 11 is 0. The first kappa shape index (κ1) is 86.2. The van der Waals surface area contributed by atoms with Gasteiger partial charge in [0, 0.05) is 43.4 Å². The molecule has 27 aromatic carbocycles. The van der Waals surface area contributed by atoms with Gasteiger partial charge in [-0.1, -0.05) is 490 Å². The molecule has 0 amide bonds. The largest absolute Gasteiger partial charge is 0.456 e. The van der Waals surface area contributed by atoms with Crippen molar-refractivity contribution < 1.29 is 8.83 Å². The van der Waals surface area contributed by atoms with Crippen LogP contribution in [0.4, 0.5) is 0 Å². The average molecular weight is 1900 g/mol. The lowest BCUT2D eigenvalue weighted by Crippen LogP contribution is -2.14. The van der Waals surface area contributed by atoms with Gasteiger partial charge in [-0.2, -0.15) is 0 Å². The SMILES string of the molecule is CC1(C)c2cccc(-c3c4ccccc4c(-c4ccc5ccc6ccccc6c5c4)c4ccccc34)c2-c2c1ccc1ccccc21.CC1(C)c2cccc(-c3c4ccccc4c(-c4ccc5oc6ccc7ccccc7c6c5c4)c4ccccc34)c2-c2c1ccc1ccccc21.CC1(C)c2cccc(-c3c4ccccc4c(-c4cccc(-c5cccc6c5oc5ccccc56)c4)c4ccccc34)c2-c2c1ccc1ccccc21. The lowest BCUT2D eigenvalue weighted by atomic mass is 9.80. The van der Waals surface area contributed by atoms with Crippen LogP contribution in [0.2, 0.25) is 0 Å². The van der Waals surface area contributed by atoms with Gasteiger partial charge >= 0.3 is 0 Å². The van der Waals surface area contributed by atoms with E-state index in [0.717, 1.165) is 49.6 Å². The molecule has 3 aliphatic carbocycles. The van der Waals surface area contributed by atoms with Crippen LogP contribution < -0.4 is 0 Å². The van der Waals surface area contributed by atoms with Crippen LogP contribution >= 0.6 is 0 Å². The van der Waals surface area contributed by atoms with Crippen LogP contribution in [-0.2, 0) is 16.2 Å². The Morgan fingerprint density at radius 3 is 0.819 bits per heavy atom. The van der Waals surface area contributed by atoms with Crippen molar-refractivity contribution >= 4 is 173 Å². The van der Waals surface area contributed by atoms with Crippen LogP contribution in [0.5, 0.6) is 0 Å². The number of rotatable bonds is 7. The van der Waals surface area contributed by atoms with Crippen molar-refractivity contribution in [3.05, 3.63) is 519 Å². The molecule has 0 saturated heterocycles. The Labute approximate surface area is 863 Å². The van der Waals surface area contributed by atoms with Crippen molar-refractivity contribution in [1.29, 1.82) is 0 Å². The molecular formula is C147H98O2. The average Bonchev–Trinajstić information content (AvgIpc) is 1.56. The zero-order valence-electron chi connectivity index (χ0n) is 83.5. The van der Waals surface area contributed by atoms with E-state index >= 15 is 0 Å². The lowest BCUT2D eigenvalue weighted by molar-refractivity contribution is 0.661. The van der Waals surface area contributed by atoms with E-state index in [1.54, 1.807) is 0 Å². The molecule has 2 nitrogen and oxygen atoms in total. The van der Waals surface area contributed by atoms with Crippen molar-refractivity contribution in [1.82, 2.24) is 0 Å². The molecule has 0 unspecified atom stereocenters. The van der Waals surface area contributed by atoms with Crippen molar-refractivity contribution in [3.8, 4) is 111 Å². The Bertz CT molecular complexity index is 10700. The minimum atomic E-state index is -0.112. The van der Waals surface area contributed by atoms with Gasteiger partial charge in [0.25, 0.3) is 0 Å². The quantitative estimate of drug-likeness (QED) is 0.117. The fourth-order valence-corrected chi connectivity index (χ4v) is 27.1. The zero-order valence-corrected chi connectivity index (χ0v) is 83.5. The Morgan fingerprint density at radius 2 is 0.396 bits per heavy atom. The molecule has 2 heterocycles. The highest BCUT2D eigenvalue weighted by Crippen LogP contribution is 2.62. The van der Waals surface area contributed by atoms with Gasteiger partial charge in [-0.05, 0) is 305 Å². The summed E-state index contributed by atoms with van der Waals surface area (Å²) in [4.78, 5) is 0. The number of hydrogen-bond donors (Lipinski definition) is 0. The third-order valence-corrected chi connectivity index (χ3v) is 33.9. The molecule has 698 valence electrons. The number of hydrogen-bond acceptors (Lipinski definition) is 2. The van der Waals surface area contributed by atoms with Crippen molar-refractivity contribution in [3.63, 3.8) is 0 Å². The monoisotopic (exact) mass is 1890 g/mol. The van der Waals surface area contributed by atoms with Gasteiger partial charge in [-0.3, -0.25) is 0 Å². The van der Waals surface area contributed by atoms with E-state index in [4.69, 9.17) is 8.83 Å². The molecule has 2 aromatic heterocycles. The van der Waals surface area contributed by atoms with Crippen LogP contribution in [0.1, 0.15) is 74.9 Å². The molecule has 0 N–H and O–H groups in total. The van der Waals surface area contributed by atoms with Crippen LogP contribution in [0, 0.1) is 0 Å².